The third-order valence-electron chi connectivity index (χ3n) is 2.95. The lowest BCUT2D eigenvalue weighted by molar-refractivity contribution is 0.627. The third kappa shape index (κ3) is 2.94. The maximum Gasteiger partial charge on any atom is 0.123 e. The average Bonchev–Trinajstić information content (AvgIpc) is 2.40. The molecular formula is C16H15FN2. The van der Waals surface area contributed by atoms with Gasteiger partial charge in [-0.25, -0.2) is 14.4 Å². The summed E-state index contributed by atoms with van der Waals surface area (Å²) < 4.78 is 12.9. The number of benzene rings is 1. The second-order valence-electron chi connectivity index (χ2n) is 4.21. The minimum Gasteiger partial charge on any atom is -0.241 e. The van der Waals surface area contributed by atoms with Gasteiger partial charge in [-0.05, 0) is 43.2 Å². The van der Waals surface area contributed by atoms with E-state index in [1.54, 1.807) is 12.1 Å². The Labute approximate surface area is 111 Å². The van der Waals surface area contributed by atoms with Crippen LogP contribution in [0, 0.1) is 12.7 Å². The first-order valence-corrected chi connectivity index (χ1v) is 6.02. The van der Waals surface area contributed by atoms with Crippen LogP contribution < -0.4 is 10.6 Å². The van der Waals surface area contributed by atoms with Gasteiger partial charge in [0.15, 0.2) is 0 Å². The van der Waals surface area contributed by atoms with Gasteiger partial charge in [-0.15, -0.1) is 0 Å². The first-order chi connectivity index (χ1) is 9.11. The molecule has 1 aromatic carbocycles. The standard InChI is InChI=1S/C16H15FN2/c1-4-13(14-5-7-15(17)8-6-14)9-16-11(2)18-10-19-12(16)3/h4-10H,2H2,1,3H3/b13-4?,16-9+. The van der Waals surface area contributed by atoms with Crippen LogP contribution >= 0.6 is 0 Å². The van der Waals surface area contributed by atoms with Gasteiger partial charge in [-0.2, -0.15) is 0 Å². The van der Waals surface area contributed by atoms with Crippen molar-refractivity contribution < 1.29 is 4.39 Å². The topological polar surface area (TPSA) is 25.8 Å². The van der Waals surface area contributed by atoms with Gasteiger partial charge in [0.2, 0.25) is 0 Å². The molecule has 0 spiro atoms. The molecule has 0 saturated heterocycles. The molecule has 1 heterocycles. The second kappa shape index (κ2) is 5.57. The van der Waals surface area contributed by atoms with Crippen LogP contribution in [0.15, 0.2) is 36.7 Å². The molecule has 1 aromatic heterocycles. The number of rotatable bonds is 2. The van der Waals surface area contributed by atoms with E-state index >= 15 is 0 Å². The summed E-state index contributed by atoms with van der Waals surface area (Å²) in [5.41, 5.74) is 2.82. The Kier molecular flexibility index (Phi) is 3.85. The third-order valence-corrected chi connectivity index (χ3v) is 2.95. The van der Waals surface area contributed by atoms with E-state index in [-0.39, 0.29) is 5.82 Å². The zero-order valence-electron chi connectivity index (χ0n) is 11.0. The Morgan fingerprint density at radius 1 is 1.21 bits per heavy atom. The van der Waals surface area contributed by atoms with Crippen molar-refractivity contribution in [1.29, 1.82) is 0 Å². The molecule has 0 amide bonds. The fourth-order valence-corrected chi connectivity index (χ4v) is 1.85. The van der Waals surface area contributed by atoms with Crippen molar-refractivity contribution in [3.63, 3.8) is 0 Å². The Balaban J connectivity index is 2.57. The van der Waals surface area contributed by atoms with Gasteiger partial charge in [-0.3, -0.25) is 0 Å². The van der Waals surface area contributed by atoms with Gasteiger partial charge in [0.1, 0.15) is 12.1 Å². The lowest BCUT2D eigenvalue weighted by Gasteiger charge is -2.03. The van der Waals surface area contributed by atoms with E-state index in [0.29, 0.717) is 5.35 Å². The number of hydrogen-bond donors (Lipinski definition) is 0. The molecule has 3 heteroatoms. The number of aryl methyl sites for hydroxylation is 1. The van der Waals surface area contributed by atoms with Crippen molar-refractivity contribution in [2.24, 2.45) is 0 Å². The molecule has 0 radical (unpaired) electrons. The first kappa shape index (κ1) is 13.1. The summed E-state index contributed by atoms with van der Waals surface area (Å²) in [4.78, 5) is 8.26. The van der Waals surface area contributed by atoms with Crippen LogP contribution in [0.3, 0.4) is 0 Å². The maximum absolute atomic E-state index is 12.9. The molecule has 0 unspecified atom stereocenters. The fourth-order valence-electron chi connectivity index (χ4n) is 1.85. The normalized spacial score (nSPS) is 12.8. The van der Waals surface area contributed by atoms with E-state index in [9.17, 15) is 4.39 Å². The SMILES string of the molecule is C=c1ncnc(C)/c1=C/C(=CC)c1ccc(F)cc1. The number of hydrogen-bond acceptors (Lipinski definition) is 2. The van der Waals surface area contributed by atoms with Crippen LogP contribution in [0.25, 0.3) is 18.2 Å². The molecular weight excluding hydrogens is 239 g/mol. The smallest absolute Gasteiger partial charge is 0.123 e. The highest BCUT2D eigenvalue weighted by Crippen LogP contribution is 2.16. The summed E-state index contributed by atoms with van der Waals surface area (Å²) in [5, 5.41) is 1.59. The van der Waals surface area contributed by atoms with E-state index in [4.69, 9.17) is 0 Å². The zero-order chi connectivity index (χ0) is 13.8. The minimum atomic E-state index is -0.240. The highest BCUT2D eigenvalue weighted by molar-refractivity contribution is 5.88. The second-order valence-corrected chi connectivity index (χ2v) is 4.21. The van der Waals surface area contributed by atoms with Crippen molar-refractivity contribution in [2.75, 3.05) is 0 Å². The van der Waals surface area contributed by atoms with E-state index in [1.807, 2.05) is 26.0 Å². The Morgan fingerprint density at radius 3 is 2.47 bits per heavy atom. The molecule has 0 fully saturated rings. The zero-order valence-corrected chi connectivity index (χ0v) is 11.0. The van der Waals surface area contributed by atoms with Crippen molar-refractivity contribution in [3.8, 4) is 0 Å². The number of allylic oxidation sites excluding steroid dienone is 2. The van der Waals surface area contributed by atoms with Gasteiger partial charge in [0.05, 0.1) is 5.35 Å². The van der Waals surface area contributed by atoms with Crippen molar-refractivity contribution >= 4 is 18.2 Å². The van der Waals surface area contributed by atoms with Crippen LogP contribution in [0.4, 0.5) is 4.39 Å². The Hall–Kier alpha value is -2.29. The van der Waals surface area contributed by atoms with Crippen molar-refractivity contribution in [1.82, 2.24) is 9.97 Å². The maximum atomic E-state index is 12.9. The molecule has 0 aliphatic rings. The number of halogens is 1. The monoisotopic (exact) mass is 254 g/mol. The van der Waals surface area contributed by atoms with Crippen LogP contribution in [0.2, 0.25) is 0 Å². The van der Waals surface area contributed by atoms with E-state index in [1.165, 1.54) is 18.5 Å². The molecule has 0 bridgehead atoms. The summed E-state index contributed by atoms with van der Waals surface area (Å²) in [6.45, 7) is 7.77. The number of nitrogens with zero attached hydrogens (tertiary/aromatic N) is 2. The van der Waals surface area contributed by atoms with Crippen molar-refractivity contribution in [3.05, 3.63) is 64.3 Å². The van der Waals surface area contributed by atoms with Crippen LogP contribution in [-0.2, 0) is 0 Å². The van der Waals surface area contributed by atoms with Gasteiger partial charge >= 0.3 is 0 Å². The average molecular weight is 254 g/mol. The summed E-state index contributed by atoms with van der Waals surface area (Å²) >= 11 is 0. The molecule has 0 N–H and O–H groups in total. The number of aromatic nitrogens is 2. The van der Waals surface area contributed by atoms with Crippen molar-refractivity contribution in [2.45, 2.75) is 13.8 Å². The highest BCUT2D eigenvalue weighted by atomic mass is 19.1. The molecule has 0 aliphatic heterocycles. The summed E-state index contributed by atoms with van der Waals surface area (Å²) in [6.07, 6.45) is 5.45. The molecule has 19 heavy (non-hydrogen) atoms. The molecule has 0 atom stereocenters. The largest absolute Gasteiger partial charge is 0.241 e. The summed E-state index contributed by atoms with van der Waals surface area (Å²) in [7, 11) is 0. The van der Waals surface area contributed by atoms with E-state index in [2.05, 4.69) is 16.5 Å². The Bertz CT molecular complexity index is 715. The molecule has 96 valence electrons. The van der Waals surface area contributed by atoms with Gasteiger partial charge in [-0.1, -0.05) is 24.8 Å². The molecule has 2 nitrogen and oxygen atoms in total. The first-order valence-electron chi connectivity index (χ1n) is 6.02. The molecule has 2 aromatic rings. The predicted octanol–water partition coefficient (Wildman–Crippen LogP) is 2.22. The van der Waals surface area contributed by atoms with E-state index < -0.39 is 0 Å². The summed E-state index contributed by atoms with van der Waals surface area (Å²) in [5.74, 6) is -0.240. The molecule has 0 aliphatic carbocycles. The van der Waals surface area contributed by atoms with E-state index in [0.717, 1.165) is 22.0 Å². The molecule has 0 saturated carbocycles. The minimum absolute atomic E-state index is 0.240. The molecule has 2 rings (SSSR count). The van der Waals surface area contributed by atoms with Gasteiger partial charge in [0.25, 0.3) is 0 Å². The van der Waals surface area contributed by atoms with Gasteiger partial charge in [0, 0.05) is 10.9 Å². The van der Waals surface area contributed by atoms with Crippen LogP contribution in [0.5, 0.6) is 0 Å². The predicted molar refractivity (Wildman–Crippen MR) is 76.1 cm³/mol. The van der Waals surface area contributed by atoms with Gasteiger partial charge < -0.3 is 0 Å². The lowest BCUT2D eigenvalue weighted by Crippen LogP contribution is -2.30. The fraction of sp³-hybridized carbons (Fsp3) is 0.125. The van der Waals surface area contributed by atoms with Crippen LogP contribution in [0.1, 0.15) is 18.2 Å². The Morgan fingerprint density at radius 2 is 1.89 bits per heavy atom. The summed E-state index contributed by atoms with van der Waals surface area (Å²) in [6, 6.07) is 6.41. The quantitative estimate of drug-likeness (QED) is 0.821. The van der Waals surface area contributed by atoms with Crippen LogP contribution in [-0.4, -0.2) is 9.97 Å². The lowest BCUT2D eigenvalue weighted by atomic mass is 10.0. The highest BCUT2D eigenvalue weighted by Gasteiger charge is 1.99.